The third-order valence-corrected chi connectivity index (χ3v) is 8.31. The Hall–Kier alpha value is -2.04. The summed E-state index contributed by atoms with van der Waals surface area (Å²) in [5.41, 5.74) is 1.57. The monoisotopic (exact) mass is 463 g/mol. The molecule has 0 N–H and O–H groups in total. The molecule has 7 nitrogen and oxygen atoms in total. The van der Waals surface area contributed by atoms with Crippen LogP contribution in [0.25, 0.3) is 0 Å². The SMILES string of the molecule is COC1(OC)CN(CCCN2CCN(c3ccc(F)cc3)CC2)S(=O)(=O)c2ccccc21. The van der Waals surface area contributed by atoms with Crippen LogP contribution in [0.2, 0.25) is 0 Å². The number of benzene rings is 2. The van der Waals surface area contributed by atoms with Gasteiger partial charge >= 0.3 is 0 Å². The number of sulfonamides is 1. The molecule has 2 aliphatic rings. The molecule has 9 heteroatoms. The van der Waals surface area contributed by atoms with Crippen LogP contribution in [0.5, 0.6) is 0 Å². The topological polar surface area (TPSA) is 62.3 Å². The predicted molar refractivity (Wildman–Crippen MR) is 121 cm³/mol. The van der Waals surface area contributed by atoms with Crippen molar-refractivity contribution in [1.29, 1.82) is 0 Å². The average molecular weight is 464 g/mol. The zero-order chi connectivity index (χ0) is 22.8. The lowest BCUT2D eigenvalue weighted by Crippen LogP contribution is -2.52. The second kappa shape index (κ2) is 9.44. The number of methoxy groups -OCH3 is 2. The first-order valence-electron chi connectivity index (χ1n) is 10.8. The molecule has 32 heavy (non-hydrogen) atoms. The molecular weight excluding hydrogens is 433 g/mol. The molecule has 1 fully saturated rings. The average Bonchev–Trinajstić information content (AvgIpc) is 2.82. The molecule has 2 heterocycles. The van der Waals surface area contributed by atoms with Gasteiger partial charge in [0, 0.05) is 58.2 Å². The molecule has 0 radical (unpaired) electrons. The number of halogens is 1. The third kappa shape index (κ3) is 4.40. The summed E-state index contributed by atoms with van der Waals surface area (Å²) in [5.74, 6) is -1.34. The van der Waals surface area contributed by atoms with Gasteiger partial charge in [-0.05, 0) is 43.3 Å². The van der Waals surface area contributed by atoms with Crippen molar-refractivity contribution < 1.29 is 22.3 Å². The molecule has 0 amide bonds. The van der Waals surface area contributed by atoms with Gasteiger partial charge in [0.2, 0.25) is 15.8 Å². The maximum Gasteiger partial charge on any atom is 0.243 e. The highest BCUT2D eigenvalue weighted by atomic mass is 32.2. The van der Waals surface area contributed by atoms with Gasteiger partial charge in [-0.2, -0.15) is 4.31 Å². The molecule has 0 saturated carbocycles. The Bertz CT molecular complexity index is 1020. The minimum atomic E-state index is -3.61. The summed E-state index contributed by atoms with van der Waals surface area (Å²) < 4.78 is 52.4. The van der Waals surface area contributed by atoms with Gasteiger partial charge in [-0.25, -0.2) is 12.8 Å². The Morgan fingerprint density at radius 1 is 0.938 bits per heavy atom. The molecular formula is C23H30FN3O4S. The normalized spacial score (nSPS) is 20.8. The van der Waals surface area contributed by atoms with Crippen LogP contribution < -0.4 is 4.90 Å². The van der Waals surface area contributed by atoms with E-state index >= 15 is 0 Å². The zero-order valence-electron chi connectivity index (χ0n) is 18.5. The first kappa shape index (κ1) is 23.1. The summed E-state index contributed by atoms with van der Waals surface area (Å²) in [5, 5.41) is 0. The van der Waals surface area contributed by atoms with Gasteiger partial charge in [0.15, 0.2) is 0 Å². The summed E-state index contributed by atoms with van der Waals surface area (Å²) in [6.45, 7) is 4.80. The van der Waals surface area contributed by atoms with Crippen molar-refractivity contribution >= 4 is 15.7 Å². The number of fused-ring (bicyclic) bond motifs is 1. The van der Waals surface area contributed by atoms with Gasteiger partial charge in [0.05, 0.1) is 11.4 Å². The van der Waals surface area contributed by atoms with E-state index in [0.29, 0.717) is 18.5 Å². The molecule has 0 aliphatic carbocycles. The van der Waals surface area contributed by atoms with Gasteiger partial charge in [-0.3, -0.25) is 4.90 Å². The standard InChI is InChI=1S/C23H30FN3O4S/c1-30-23(31-2)18-27(32(28,29)22-7-4-3-6-21(22)23)13-5-12-25-14-16-26(17-15-25)20-10-8-19(24)9-11-20/h3-4,6-11H,5,12-18H2,1-2H3. The maximum atomic E-state index is 13.2. The molecule has 0 spiro atoms. The second-order valence-corrected chi connectivity index (χ2v) is 10.1. The van der Waals surface area contributed by atoms with Crippen LogP contribution in [0.15, 0.2) is 53.4 Å². The summed E-state index contributed by atoms with van der Waals surface area (Å²) in [6.07, 6.45) is 0.710. The number of anilines is 1. The minimum absolute atomic E-state index is 0.123. The van der Waals surface area contributed by atoms with Crippen LogP contribution >= 0.6 is 0 Å². The second-order valence-electron chi connectivity index (χ2n) is 8.15. The molecule has 1 saturated heterocycles. The lowest BCUT2D eigenvalue weighted by molar-refractivity contribution is -0.223. The Balaban J connectivity index is 1.36. The Labute approximate surface area is 189 Å². The van der Waals surface area contributed by atoms with Crippen LogP contribution in [0, 0.1) is 5.82 Å². The van der Waals surface area contributed by atoms with E-state index in [2.05, 4.69) is 9.80 Å². The lowest BCUT2D eigenvalue weighted by atomic mass is 10.0. The first-order valence-corrected chi connectivity index (χ1v) is 12.3. The molecule has 0 unspecified atom stereocenters. The highest BCUT2D eigenvalue weighted by Gasteiger charge is 2.47. The Morgan fingerprint density at radius 3 is 2.25 bits per heavy atom. The van der Waals surface area contributed by atoms with Crippen LogP contribution in [0.4, 0.5) is 10.1 Å². The fourth-order valence-electron chi connectivity index (χ4n) is 4.53. The highest BCUT2D eigenvalue weighted by molar-refractivity contribution is 7.89. The van der Waals surface area contributed by atoms with E-state index in [1.54, 1.807) is 24.3 Å². The molecule has 2 aromatic carbocycles. The molecule has 4 rings (SSSR count). The van der Waals surface area contributed by atoms with Gasteiger partial charge in [0.1, 0.15) is 5.82 Å². The summed E-state index contributed by atoms with van der Waals surface area (Å²) in [6, 6.07) is 13.5. The first-order chi connectivity index (χ1) is 15.4. The number of nitrogens with zero attached hydrogens (tertiary/aromatic N) is 3. The quantitative estimate of drug-likeness (QED) is 0.588. The van der Waals surface area contributed by atoms with Crippen molar-refractivity contribution in [3.63, 3.8) is 0 Å². The van der Waals surface area contributed by atoms with Crippen molar-refractivity contribution in [3.05, 3.63) is 59.9 Å². The predicted octanol–water partition coefficient (Wildman–Crippen LogP) is 2.49. The largest absolute Gasteiger partial charge is 0.369 e. The van der Waals surface area contributed by atoms with E-state index < -0.39 is 15.8 Å². The molecule has 2 aliphatic heterocycles. The lowest BCUT2D eigenvalue weighted by Gasteiger charge is -2.41. The number of hydrogen-bond acceptors (Lipinski definition) is 6. The zero-order valence-corrected chi connectivity index (χ0v) is 19.4. The smallest absolute Gasteiger partial charge is 0.243 e. The number of piperazine rings is 1. The van der Waals surface area contributed by atoms with E-state index in [1.165, 1.54) is 30.7 Å². The van der Waals surface area contributed by atoms with Crippen molar-refractivity contribution in [2.24, 2.45) is 0 Å². The fourth-order valence-corrected chi connectivity index (χ4v) is 6.27. The van der Waals surface area contributed by atoms with E-state index in [-0.39, 0.29) is 17.3 Å². The number of hydrogen-bond donors (Lipinski definition) is 0. The van der Waals surface area contributed by atoms with Crippen molar-refractivity contribution in [2.45, 2.75) is 17.1 Å². The summed E-state index contributed by atoms with van der Waals surface area (Å²) in [4.78, 5) is 4.82. The molecule has 0 aromatic heterocycles. The van der Waals surface area contributed by atoms with Crippen molar-refractivity contribution in [2.75, 3.05) is 64.9 Å². The van der Waals surface area contributed by atoms with Crippen LogP contribution in [-0.2, 0) is 25.3 Å². The van der Waals surface area contributed by atoms with Gasteiger partial charge in [0.25, 0.3) is 0 Å². The Kier molecular flexibility index (Phi) is 6.83. The van der Waals surface area contributed by atoms with Gasteiger partial charge in [-0.1, -0.05) is 18.2 Å². The van der Waals surface area contributed by atoms with Gasteiger partial charge < -0.3 is 14.4 Å². The number of rotatable bonds is 7. The molecule has 2 aromatic rings. The number of ether oxygens (including phenoxy) is 2. The molecule has 0 bridgehead atoms. The van der Waals surface area contributed by atoms with Crippen molar-refractivity contribution in [3.8, 4) is 0 Å². The third-order valence-electron chi connectivity index (χ3n) is 6.41. The minimum Gasteiger partial charge on any atom is -0.369 e. The van der Waals surface area contributed by atoms with Crippen LogP contribution in [-0.4, -0.2) is 77.7 Å². The van der Waals surface area contributed by atoms with Gasteiger partial charge in [-0.15, -0.1) is 0 Å². The van der Waals surface area contributed by atoms with Crippen molar-refractivity contribution in [1.82, 2.24) is 9.21 Å². The van der Waals surface area contributed by atoms with E-state index in [4.69, 9.17) is 9.47 Å². The van der Waals surface area contributed by atoms with E-state index in [1.807, 2.05) is 12.1 Å². The highest BCUT2D eigenvalue weighted by Crippen LogP contribution is 2.39. The van der Waals surface area contributed by atoms with E-state index in [9.17, 15) is 12.8 Å². The molecule has 174 valence electrons. The maximum absolute atomic E-state index is 13.2. The van der Waals surface area contributed by atoms with Crippen LogP contribution in [0.1, 0.15) is 12.0 Å². The Morgan fingerprint density at radius 2 is 1.59 bits per heavy atom. The van der Waals surface area contributed by atoms with Crippen LogP contribution in [0.3, 0.4) is 0 Å². The fraction of sp³-hybridized carbons (Fsp3) is 0.478. The summed E-state index contributed by atoms with van der Waals surface area (Å²) >= 11 is 0. The summed E-state index contributed by atoms with van der Waals surface area (Å²) in [7, 11) is -0.532. The van der Waals surface area contributed by atoms with E-state index in [0.717, 1.165) is 38.4 Å². The molecule has 0 atom stereocenters.